The van der Waals surface area contributed by atoms with Gasteiger partial charge in [-0.3, -0.25) is 9.59 Å². The zero-order valence-corrected chi connectivity index (χ0v) is 16.5. The third-order valence-electron chi connectivity index (χ3n) is 5.22. The maximum atomic E-state index is 12.7. The minimum absolute atomic E-state index is 0.0653. The molecule has 2 heterocycles. The van der Waals surface area contributed by atoms with Gasteiger partial charge in [0, 0.05) is 43.1 Å². The first-order valence-corrected chi connectivity index (χ1v) is 9.97. The minimum Gasteiger partial charge on any atom is -0.437 e. The number of carbonyl (C=O) groups is 2. The van der Waals surface area contributed by atoms with Crippen molar-refractivity contribution in [2.45, 2.75) is 12.8 Å². The van der Waals surface area contributed by atoms with Crippen LogP contribution >= 0.6 is 0 Å². The molecular formula is C23H23N3O4. The molecule has 0 bridgehead atoms. The lowest BCUT2D eigenvalue weighted by Gasteiger charge is -2.31. The maximum Gasteiger partial charge on any atom is 0.253 e. The second-order valence-corrected chi connectivity index (χ2v) is 7.34. The lowest BCUT2D eigenvalue weighted by Crippen LogP contribution is -2.39. The highest BCUT2D eigenvalue weighted by Crippen LogP contribution is 2.20. The van der Waals surface area contributed by atoms with Gasteiger partial charge >= 0.3 is 0 Å². The molecule has 7 nitrogen and oxygen atoms in total. The molecule has 3 aromatic rings. The Labute approximate surface area is 174 Å². The summed E-state index contributed by atoms with van der Waals surface area (Å²) in [6, 6.07) is 14.3. The molecule has 0 atom stereocenters. The first kappa shape index (κ1) is 19.8. The quantitative estimate of drug-likeness (QED) is 0.635. The Bertz CT molecular complexity index is 1050. The van der Waals surface area contributed by atoms with E-state index in [9.17, 15) is 14.7 Å². The molecule has 1 saturated heterocycles. The van der Waals surface area contributed by atoms with Crippen molar-refractivity contribution < 1.29 is 19.1 Å². The van der Waals surface area contributed by atoms with E-state index in [0.29, 0.717) is 35.8 Å². The van der Waals surface area contributed by atoms with E-state index in [1.807, 2.05) is 24.3 Å². The standard InChI is InChI=1S/C23H23N3O4/c27-15-16-10-12-26(13-11-16)23(29)17-4-3-5-18(14-17)24-21(28)8-9-22-25-19-6-1-2-7-20(19)30-22/h1-9,14,16,27H,10-13,15H2,(H,24,28)/b9-8+. The highest BCUT2D eigenvalue weighted by Gasteiger charge is 2.23. The average molecular weight is 405 g/mol. The van der Waals surface area contributed by atoms with Gasteiger partial charge in [0.15, 0.2) is 5.58 Å². The number of fused-ring (bicyclic) bond motifs is 1. The third kappa shape index (κ3) is 4.58. The molecule has 0 unspecified atom stereocenters. The second kappa shape index (κ2) is 8.92. The van der Waals surface area contributed by atoms with Crippen LogP contribution in [-0.4, -0.2) is 46.5 Å². The van der Waals surface area contributed by atoms with Crippen molar-refractivity contribution in [2.24, 2.45) is 5.92 Å². The Hall–Kier alpha value is -3.45. The number of aliphatic hydroxyl groups is 1. The van der Waals surface area contributed by atoms with Crippen LogP contribution in [0, 0.1) is 5.92 Å². The molecule has 1 fully saturated rings. The van der Waals surface area contributed by atoms with Gasteiger partial charge in [0.1, 0.15) is 5.52 Å². The number of para-hydroxylation sites is 2. The Morgan fingerprint density at radius 2 is 1.97 bits per heavy atom. The molecule has 1 aliphatic rings. The lowest BCUT2D eigenvalue weighted by atomic mass is 9.97. The zero-order valence-electron chi connectivity index (χ0n) is 16.5. The predicted octanol–water partition coefficient (Wildman–Crippen LogP) is 3.32. The van der Waals surface area contributed by atoms with Crippen molar-refractivity contribution in [3.8, 4) is 0 Å². The summed E-state index contributed by atoms with van der Waals surface area (Å²) in [6.45, 7) is 1.43. The summed E-state index contributed by atoms with van der Waals surface area (Å²) in [5.74, 6) is 0.212. The summed E-state index contributed by atoms with van der Waals surface area (Å²) in [4.78, 5) is 31.1. The fraction of sp³-hybridized carbons (Fsp3) is 0.261. The van der Waals surface area contributed by atoms with Crippen molar-refractivity contribution in [1.29, 1.82) is 0 Å². The summed E-state index contributed by atoms with van der Waals surface area (Å²) < 4.78 is 5.56. The van der Waals surface area contributed by atoms with Crippen LogP contribution in [0.5, 0.6) is 0 Å². The van der Waals surface area contributed by atoms with Crippen molar-refractivity contribution in [2.75, 3.05) is 25.0 Å². The Kier molecular flexibility index (Phi) is 5.90. The van der Waals surface area contributed by atoms with E-state index in [0.717, 1.165) is 18.4 Å². The molecule has 4 rings (SSSR count). The van der Waals surface area contributed by atoms with Crippen LogP contribution in [0.15, 0.2) is 59.0 Å². The molecule has 2 aromatic carbocycles. The monoisotopic (exact) mass is 405 g/mol. The van der Waals surface area contributed by atoms with Gasteiger partial charge in [-0.2, -0.15) is 0 Å². The molecule has 30 heavy (non-hydrogen) atoms. The van der Waals surface area contributed by atoms with Crippen molar-refractivity contribution in [3.05, 3.63) is 66.1 Å². The Morgan fingerprint density at radius 3 is 2.73 bits per heavy atom. The van der Waals surface area contributed by atoms with Crippen LogP contribution in [0.3, 0.4) is 0 Å². The third-order valence-corrected chi connectivity index (χ3v) is 5.22. The van der Waals surface area contributed by atoms with Crippen molar-refractivity contribution >= 4 is 34.7 Å². The number of nitrogens with one attached hydrogen (secondary N) is 1. The maximum absolute atomic E-state index is 12.7. The molecular weight excluding hydrogens is 382 g/mol. The summed E-state index contributed by atoms with van der Waals surface area (Å²) in [5, 5.41) is 12.0. The number of rotatable bonds is 5. The molecule has 0 radical (unpaired) electrons. The number of amides is 2. The zero-order chi connectivity index (χ0) is 20.9. The van der Waals surface area contributed by atoms with Gasteiger partial charge in [0.25, 0.3) is 5.91 Å². The molecule has 7 heteroatoms. The van der Waals surface area contributed by atoms with Gasteiger partial charge in [-0.25, -0.2) is 4.98 Å². The first-order valence-electron chi connectivity index (χ1n) is 9.97. The van der Waals surface area contributed by atoms with E-state index < -0.39 is 0 Å². The van der Waals surface area contributed by atoms with Crippen molar-refractivity contribution in [1.82, 2.24) is 9.88 Å². The van der Waals surface area contributed by atoms with Crippen LogP contribution < -0.4 is 5.32 Å². The van der Waals surface area contributed by atoms with E-state index in [1.165, 1.54) is 12.2 Å². The summed E-state index contributed by atoms with van der Waals surface area (Å²) >= 11 is 0. The fourth-order valence-electron chi connectivity index (χ4n) is 3.52. The number of hydrogen-bond acceptors (Lipinski definition) is 5. The topological polar surface area (TPSA) is 95.7 Å². The predicted molar refractivity (Wildman–Crippen MR) is 114 cm³/mol. The van der Waals surface area contributed by atoms with E-state index in [2.05, 4.69) is 10.3 Å². The van der Waals surface area contributed by atoms with Crippen LogP contribution in [0.1, 0.15) is 29.1 Å². The van der Waals surface area contributed by atoms with Gasteiger partial charge in [-0.05, 0) is 49.1 Å². The highest BCUT2D eigenvalue weighted by atomic mass is 16.3. The molecule has 0 aliphatic carbocycles. The molecule has 1 aromatic heterocycles. The SMILES string of the molecule is O=C(/C=C/c1nc2ccccc2o1)Nc1cccc(C(=O)N2CCC(CO)CC2)c1. The van der Waals surface area contributed by atoms with E-state index in [1.54, 1.807) is 29.2 Å². The number of benzene rings is 2. The lowest BCUT2D eigenvalue weighted by molar-refractivity contribution is -0.111. The number of likely N-dealkylation sites (tertiary alicyclic amines) is 1. The fourth-order valence-corrected chi connectivity index (χ4v) is 3.52. The summed E-state index contributed by atoms with van der Waals surface area (Å²) in [5.41, 5.74) is 2.45. The molecule has 2 N–H and O–H groups in total. The van der Waals surface area contributed by atoms with E-state index in [-0.39, 0.29) is 24.3 Å². The number of anilines is 1. The number of aromatic nitrogens is 1. The van der Waals surface area contributed by atoms with E-state index >= 15 is 0 Å². The summed E-state index contributed by atoms with van der Waals surface area (Å²) in [6.07, 6.45) is 4.47. The van der Waals surface area contributed by atoms with Gasteiger partial charge in [-0.1, -0.05) is 18.2 Å². The number of hydrogen-bond donors (Lipinski definition) is 2. The van der Waals surface area contributed by atoms with E-state index in [4.69, 9.17) is 4.42 Å². The van der Waals surface area contributed by atoms with Crippen LogP contribution in [-0.2, 0) is 4.79 Å². The number of carbonyl (C=O) groups excluding carboxylic acids is 2. The number of oxazole rings is 1. The van der Waals surface area contributed by atoms with Gasteiger partial charge < -0.3 is 19.7 Å². The second-order valence-electron chi connectivity index (χ2n) is 7.34. The van der Waals surface area contributed by atoms with Crippen LogP contribution in [0.25, 0.3) is 17.2 Å². The van der Waals surface area contributed by atoms with Gasteiger partial charge in [-0.15, -0.1) is 0 Å². The molecule has 154 valence electrons. The largest absolute Gasteiger partial charge is 0.437 e. The normalized spacial score (nSPS) is 15.0. The number of piperidine rings is 1. The van der Waals surface area contributed by atoms with Gasteiger partial charge in [0.05, 0.1) is 0 Å². The highest BCUT2D eigenvalue weighted by molar-refractivity contribution is 6.03. The van der Waals surface area contributed by atoms with Gasteiger partial charge in [0.2, 0.25) is 11.8 Å². The minimum atomic E-state index is -0.342. The first-order chi connectivity index (χ1) is 14.6. The Balaban J connectivity index is 1.38. The molecule has 2 amide bonds. The van der Waals surface area contributed by atoms with Crippen LogP contribution in [0.4, 0.5) is 5.69 Å². The molecule has 1 aliphatic heterocycles. The summed E-state index contributed by atoms with van der Waals surface area (Å²) in [7, 11) is 0. The number of aliphatic hydroxyl groups excluding tert-OH is 1. The molecule has 0 saturated carbocycles. The average Bonchev–Trinajstić information content (AvgIpc) is 3.20. The number of nitrogens with zero attached hydrogens (tertiary/aromatic N) is 2. The molecule has 0 spiro atoms. The van der Waals surface area contributed by atoms with Crippen LogP contribution in [0.2, 0.25) is 0 Å². The smallest absolute Gasteiger partial charge is 0.253 e. The Morgan fingerprint density at radius 1 is 1.17 bits per heavy atom. The van der Waals surface area contributed by atoms with Crippen molar-refractivity contribution in [3.63, 3.8) is 0 Å².